The number of carbonyl (C=O) groups excluding carboxylic acids is 1. The first-order valence-corrected chi connectivity index (χ1v) is 13.7. The Bertz CT molecular complexity index is 1190. The van der Waals surface area contributed by atoms with Gasteiger partial charge in [0.2, 0.25) is 26.0 Å². The van der Waals surface area contributed by atoms with Crippen LogP contribution in [0.5, 0.6) is 5.75 Å². The van der Waals surface area contributed by atoms with Crippen molar-refractivity contribution in [2.75, 3.05) is 58.7 Å². The predicted molar refractivity (Wildman–Crippen MR) is 129 cm³/mol. The highest BCUT2D eigenvalue weighted by Gasteiger charge is 2.27. The van der Waals surface area contributed by atoms with Crippen LogP contribution >= 0.6 is 0 Å². The molecule has 186 valence electrons. The zero-order valence-corrected chi connectivity index (χ0v) is 21.1. The topological polar surface area (TPSA) is 116 Å². The second-order valence-electron chi connectivity index (χ2n) is 7.95. The molecule has 2 aromatic carbocycles. The van der Waals surface area contributed by atoms with Gasteiger partial charge < -0.3 is 15.0 Å². The number of nitrogens with zero attached hydrogens (tertiary/aromatic N) is 3. The molecule has 2 aromatic rings. The Morgan fingerprint density at radius 3 is 2.06 bits per heavy atom. The number of hydrogen-bond donors (Lipinski definition) is 1. The number of ether oxygens (including phenoxy) is 1. The summed E-state index contributed by atoms with van der Waals surface area (Å²) < 4.78 is 58.8. The number of piperazine rings is 1. The van der Waals surface area contributed by atoms with Gasteiger partial charge >= 0.3 is 0 Å². The van der Waals surface area contributed by atoms with E-state index in [9.17, 15) is 21.6 Å². The maximum absolute atomic E-state index is 12.8. The van der Waals surface area contributed by atoms with E-state index in [-0.39, 0.29) is 9.79 Å². The quantitative estimate of drug-likeness (QED) is 0.540. The van der Waals surface area contributed by atoms with Crippen LogP contribution in [0.25, 0.3) is 0 Å². The lowest BCUT2D eigenvalue weighted by Gasteiger charge is -2.31. The van der Waals surface area contributed by atoms with Gasteiger partial charge in [-0.1, -0.05) is 0 Å². The molecule has 0 atom stereocenters. The summed E-state index contributed by atoms with van der Waals surface area (Å²) in [6, 6.07) is 11.8. The lowest BCUT2D eigenvalue weighted by molar-refractivity contribution is -0.116. The van der Waals surface area contributed by atoms with E-state index in [1.807, 2.05) is 14.0 Å². The van der Waals surface area contributed by atoms with Crippen LogP contribution in [0, 0.1) is 0 Å². The molecule has 0 radical (unpaired) electrons. The van der Waals surface area contributed by atoms with E-state index in [0.29, 0.717) is 44.2 Å². The monoisotopic (exact) mass is 510 g/mol. The SMILES string of the molecule is CCOc1ccc(S(=O)(=O)N(C)CC(=O)Nc2ccc(S(=O)(=O)N3CCN(C)CC3)cc2)cc1. The molecule has 1 heterocycles. The van der Waals surface area contributed by atoms with E-state index in [1.54, 1.807) is 12.1 Å². The molecule has 0 saturated carbocycles. The van der Waals surface area contributed by atoms with E-state index in [1.165, 1.54) is 47.8 Å². The fourth-order valence-corrected chi connectivity index (χ4v) is 5.98. The zero-order chi connectivity index (χ0) is 24.9. The molecule has 1 amide bonds. The first-order valence-electron chi connectivity index (χ1n) is 10.8. The van der Waals surface area contributed by atoms with E-state index < -0.39 is 32.5 Å². The Morgan fingerprint density at radius 2 is 1.50 bits per heavy atom. The average molecular weight is 511 g/mol. The summed E-state index contributed by atoms with van der Waals surface area (Å²) in [5.74, 6) is 0.00613. The summed E-state index contributed by atoms with van der Waals surface area (Å²) in [4.78, 5) is 14.7. The molecule has 0 aromatic heterocycles. The summed E-state index contributed by atoms with van der Waals surface area (Å²) in [6.07, 6.45) is 0. The molecule has 1 saturated heterocycles. The lowest BCUT2D eigenvalue weighted by atomic mass is 10.3. The first kappa shape index (κ1) is 26.1. The third-order valence-corrected chi connectivity index (χ3v) is 9.18. The number of carbonyl (C=O) groups is 1. The van der Waals surface area contributed by atoms with Crippen molar-refractivity contribution < 1.29 is 26.4 Å². The van der Waals surface area contributed by atoms with Crippen molar-refractivity contribution in [1.82, 2.24) is 13.5 Å². The lowest BCUT2D eigenvalue weighted by Crippen LogP contribution is -2.46. The summed E-state index contributed by atoms with van der Waals surface area (Å²) in [6.45, 7) is 4.07. The summed E-state index contributed by atoms with van der Waals surface area (Å²) in [5.41, 5.74) is 0.370. The molecule has 0 bridgehead atoms. The second kappa shape index (κ2) is 10.8. The van der Waals surface area contributed by atoms with Gasteiger partial charge in [0.05, 0.1) is 22.9 Å². The number of rotatable bonds is 9. The first-order chi connectivity index (χ1) is 16.0. The summed E-state index contributed by atoms with van der Waals surface area (Å²) >= 11 is 0. The van der Waals surface area contributed by atoms with Crippen LogP contribution in [-0.4, -0.2) is 89.7 Å². The summed E-state index contributed by atoms with van der Waals surface area (Å²) in [5, 5.41) is 2.61. The third-order valence-electron chi connectivity index (χ3n) is 5.45. The Labute approximate surface area is 201 Å². The number of amides is 1. The van der Waals surface area contributed by atoms with Crippen molar-refractivity contribution in [3.05, 3.63) is 48.5 Å². The Hall–Kier alpha value is -2.51. The maximum Gasteiger partial charge on any atom is 0.243 e. The van der Waals surface area contributed by atoms with Gasteiger partial charge in [0, 0.05) is 38.9 Å². The van der Waals surface area contributed by atoms with E-state index in [2.05, 4.69) is 10.2 Å². The third kappa shape index (κ3) is 6.13. The minimum atomic E-state index is -3.87. The van der Waals surface area contributed by atoms with Crippen LogP contribution < -0.4 is 10.1 Å². The molecule has 0 spiro atoms. The molecule has 1 fully saturated rings. The van der Waals surface area contributed by atoms with Gasteiger partial charge in [-0.2, -0.15) is 8.61 Å². The second-order valence-corrected chi connectivity index (χ2v) is 11.9. The van der Waals surface area contributed by atoms with Crippen molar-refractivity contribution in [3.8, 4) is 5.75 Å². The van der Waals surface area contributed by atoms with Crippen molar-refractivity contribution >= 4 is 31.6 Å². The minimum Gasteiger partial charge on any atom is -0.494 e. The standard InChI is InChI=1S/C22H30N4O6S2/c1-4-32-19-7-11-20(12-8-19)33(28,29)25(3)17-22(27)23-18-5-9-21(10-6-18)34(30,31)26-15-13-24(2)14-16-26/h5-12H,4,13-17H2,1-3H3,(H,23,27). The normalized spacial score (nSPS) is 15.9. The molecule has 0 aliphatic carbocycles. The fraction of sp³-hybridized carbons (Fsp3) is 0.409. The highest BCUT2D eigenvalue weighted by atomic mass is 32.2. The minimum absolute atomic E-state index is 0.0460. The smallest absolute Gasteiger partial charge is 0.243 e. The van der Waals surface area contributed by atoms with Crippen molar-refractivity contribution in [1.29, 1.82) is 0 Å². The predicted octanol–water partition coefficient (Wildman–Crippen LogP) is 1.28. The zero-order valence-electron chi connectivity index (χ0n) is 19.5. The van der Waals surface area contributed by atoms with Gasteiger partial charge in [-0.3, -0.25) is 4.79 Å². The van der Waals surface area contributed by atoms with Crippen molar-refractivity contribution in [2.45, 2.75) is 16.7 Å². The number of nitrogens with one attached hydrogen (secondary N) is 1. The van der Waals surface area contributed by atoms with Crippen LogP contribution in [0.15, 0.2) is 58.3 Å². The van der Waals surface area contributed by atoms with Gasteiger partial charge in [-0.05, 0) is 62.5 Å². The summed E-state index contributed by atoms with van der Waals surface area (Å²) in [7, 11) is -4.22. The van der Waals surface area contributed by atoms with Crippen LogP contribution in [0.4, 0.5) is 5.69 Å². The molecule has 1 aliphatic heterocycles. The van der Waals surface area contributed by atoms with Crippen molar-refractivity contribution in [3.63, 3.8) is 0 Å². The molecule has 10 nitrogen and oxygen atoms in total. The molecule has 12 heteroatoms. The van der Waals surface area contributed by atoms with Gasteiger partial charge in [-0.25, -0.2) is 16.8 Å². The van der Waals surface area contributed by atoms with Crippen LogP contribution in [0.3, 0.4) is 0 Å². The molecule has 3 rings (SSSR count). The number of anilines is 1. The van der Waals surface area contributed by atoms with Crippen LogP contribution in [-0.2, 0) is 24.8 Å². The van der Waals surface area contributed by atoms with Crippen LogP contribution in [0.2, 0.25) is 0 Å². The molecular formula is C22H30N4O6S2. The average Bonchev–Trinajstić information content (AvgIpc) is 2.80. The Kier molecular flexibility index (Phi) is 8.31. The highest BCUT2D eigenvalue weighted by molar-refractivity contribution is 7.89. The van der Waals surface area contributed by atoms with Crippen LogP contribution in [0.1, 0.15) is 6.92 Å². The molecular weight excluding hydrogens is 480 g/mol. The number of benzene rings is 2. The van der Waals surface area contributed by atoms with Gasteiger partial charge in [0.15, 0.2) is 0 Å². The van der Waals surface area contributed by atoms with E-state index in [4.69, 9.17) is 4.74 Å². The maximum atomic E-state index is 12.8. The fourth-order valence-electron chi connectivity index (χ4n) is 3.43. The molecule has 0 unspecified atom stereocenters. The highest BCUT2D eigenvalue weighted by Crippen LogP contribution is 2.21. The Morgan fingerprint density at radius 1 is 0.941 bits per heavy atom. The van der Waals surface area contributed by atoms with Crippen molar-refractivity contribution in [2.24, 2.45) is 0 Å². The molecule has 34 heavy (non-hydrogen) atoms. The van der Waals surface area contributed by atoms with Gasteiger partial charge in [-0.15, -0.1) is 0 Å². The van der Waals surface area contributed by atoms with Gasteiger partial charge in [0.1, 0.15) is 5.75 Å². The number of likely N-dealkylation sites (N-methyl/N-ethyl adjacent to an activating group) is 2. The number of sulfonamides is 2. The van der Waals surface area contributed by atoms with E-state index >= 15 is 0 Å². The molecule has 1 aliphatic rings. The number of hydrogen-bond acceptors (Lipinski definition) is 7. The Balaban J connectivity index is 1.61. The largest absolute Gasteiger partial charge is 0.494 e. The van der Waals surface area contributed by atoms with Gasteiger partial charge in [0.25, 0.3) is 0 Å². The molecule has 1 N–H and O–H groups in total. The van der Waals surface area contributed by atoms with E-state index in [0.717, 1.165) is 4.31 Å².